The van der Waals surface area contributed by atoms with E-state index in [0.717, 1.165) is 11.4 Å². The first-order valence-corrected chi connectivity index (χ1v) is 8.03. The molecule has 0 aromatic heterocycles. The number of anilines is 2. The van der Waals surface area contributed by atoms with Gasteiger partial charge in [-0.3, -0.25) is 9.59 Å². The molecular weight excluding hydrogens is 326 g/mol. The normalized spacial score (nSPS) is 10.2. The average molecular weight is 346 g/mol. The average Bonchev–Trinajstić information content (AvgIpc) is 2.55. The Morgan fingerprint density at radius 3 is 2.08 bits per heavy atom. The molecule has 0 atom stereocenters. The number of hydrogen-bond donors (Lipinski definition) is 3. The van der Waals surface area contributed by atoms with Gasteiger partial charge >= 0.3 is 0 Å². The van der Waals surface area contributed by atoms with Crippen LogP contribution in [0.15, 0.2) is 48.5 Å². The molecule has 0 spiro atoms. The van der Waals surface area contributed by atoms with Crippen molar-refractivity contribution < 1.29 is 9.59 Å². The Kier molecular flexibility index (Phi) is 6.78. The molecule has 6 heteroatoms. The monoisotopic (exact) mass is 345 g/mol. The van der Waals surface area contributed by atoms with Crippen LogP contribution in [0, 0.1) is 0 Å². The number of halogens is 1. The first-order chi connectivity index (χ1) is 11.5. The van der Waals surface area contributed by atoms with E-state index in [1.165, 1.54) is 12.5 Å². The van der Waals surface area contributed by atoms with Gasteiger partial charge in [0.25, 0.3) is 0 Å². The van der Waals surface area contributed by atoms with E-state index in [1.807, 2.05) is 24.3 Å². The van der Waals surface area contributed by atoms with Gasteiger partial charge in [-0.2, -0.15) is 0 Å². The number of carbonyl (C=O) groups is 2. The highest BCUT2D eigenvalue weighted by molar-refractivity contribution is 6.30. The second kappa shape index (κ2) is 9.05. The summed E-state index contributed by atoms with van der Waals surface area (Å²) >= 11 is 5.84. The number of nitrogens with one attached hydrogen (secondary N) is 3. The zero-order valence-electron chi connectivity index (χ0n) is 13.4. The van der Waals surface area contributed by atoms with Crippen LogP contribution in [-0.4, -0.2) is 24.9 Å². The summed E-state index contributed by atoms with van der Waals surface area (Å²) in [6.07, 6.45) is 0.829. The van der Waals surface area contributed by atoms with Gasteiger partial charge in [0, 0.05) is 23.3 Å². The van der Waals surface area contributed by atoms with Crippen molar-refractivity contribution in [1.29, 1.82) is 0 Å². The zero-order valence-corrected chi connectivity index (χ0v) is 14.2. The van der Waals surface area contributed by atoms with E-state index in [-0.39, 0.29) is 18.4 Å². The molecule has 24 heavy (non-hydrogen) atoms. The van der Waals surface area contributed by atoms with Crippen LogP contribution in [0.4, 0.5) is 11.4 Å². The van der Waals surface area contributed by atoms with Gasteiger partial charge in [0.1, 0.15) is 0 Å². The minimum absolute atomic E-state index is 0.113. The molecule has 3 N–H and O–H groups in total. The van der Waals surface area contributed by atoms with Gasteiger partial charge in [-0.05, 0) is 54.9 Å². The fourth-order valence-corrected chi connectivity index (χ4v) is 2.26. The lowest BCUT2D eigenvalue weighted by Gasteiger charge is -2.08. The van der Waals surface area contributed by atoms with Crippen LogP contribution in [0.25, 0.3) is 0 Å². The third-order valence-electron chi connectivity index (χ3n) is 3.28. The van der Waals surface area contributed by atoms with E-state index in [2.05, 4.69) is 16.0 Å². The Morgan fingerprint density at radius 2 is 1.50 bits per heavy atom. The van der Waals surface area contributed by atoms with Gasteiger partial charge in [0.2, 0.25) is 11.8 Å². The van der Waals surface area contributed by atoms with Crippen LogP contribution in [-0.2, 0) is 16.0 Å². The lowest BCUT2D eigenvalue weighted by molar-refractivity contribution is -0.115. The van der Waals surface area contributed by atoms with Gasteiger partial charge in [-0.15, -0.1) is 0 Å². The summed E-state index contributed by atoms with van der Waals surface area (Å²) < 4.78 is 0. The Labute approximate surface area is 146 Å². The first kappa shape index (κ1) is 18.0. The Morgan fingerprint density at radius 1 is 0.917 bits per heavy atom. The molecule has 0 fully saturated rings. The van der Waals surface area contributed by atoms with Gasteiger partial charge in [-0.25, -0.2) is 0 Å². The van der Waals surface area contributed by atoms with E-state index >= 15 is 0 Å². The minimum Gasteiger partial charge on any atom is -0.326 e. The van der Waals surface area contributed by atoms with Crippen molar-refractivity contribution in [2.45, 2.75) is 13.3 Å². The molecule has 2 amide bonds. The van der Waals surface area contributed by atoms with Gasteiger partial charge in [0.05, 0.1) is 6.54 Å². The standard InChI is InChI=1S/C18H20ClN3O2/c1-13(23)21-16-6-8-17(9-7-16)22-18(24)12-20-11-10-14-2-4-15(19)5-3-14/h2-9,20H,10-12H2,1H3,(H,21,23)(H,22,24). The molecule has 0 aliphatic heterocycles. The Bertz CT molecular complexity index is 684. The lowest BCUT2D eigenvalue weighted by atomic mass is 10.1. The SMILES string of the molecule is CC(=O)Nc1ccc(NC(=O)CNCCc2ccc(Cl)cc2)cc1. The van der Waals surface area contributed by atoms with Crippen LogP contribution < -0.4 is 16.0 Å². The highest BCUT2D eigenvalue weighted by atomic mass is 35.5. The fourth-order valence-electron chi connectivity index (χ4n) is 2.13. The maximum atomic E-state index is 11.9. The van der Waals surface area contributed by atoms with E-state index in [4.69, 9.17) is 11.6 Å². The Hall–Kier alpha value is -2.37. The highest BCUT2D eigenvalue weighted by Gasteiger charge is 2.03. The largest absolute Gasteiger partial charge is 0.326 e. The summed E-state index contributed by atoms with van der Waals surface area (Å²) in [6.45, 7) is 2.39. The van der Waals surface area contributed by atoms with Crippen LogP contribution in [0.3, 0.4) is 0 Å². The van der Waals surface area contributed by atoms with Gasteiger partial charge in [0.15, 0.2) is 0 Å². The molecule has 0 aliphatic rings. The molecule has 0 unspecified atom stereocenters. The van der Waals surface area contributed by atoms with Crippen LogP contribution in [0.5, 0.6) is 0 Å². The number of rotatable bonds is 7. The number of hydrogen-bond acceptors (Lipinski definition) is 3. The second-order valence-corrected chi connectivity index (χ2v) is 5.80. The smallest absolute Gasteiger partial charge is 0.238 e. The number of amides is 2. The van der Waals surface area contributed by atoms with Crippen molar-refractivity contribution in [2.24, 2.45) is 0 Å². The fraction of sp³-hybridized carbons (Fsp3) is 0.222. The number of carbonyl (C=O) groups excluding carboxylic acids is 2. The minimum atomic E-state index is -0.128. The van der Waals surface area contributed by atoms with Gasteiger partial charge in [-0.1, -0.05) is 23.7 Å². The second-order valence-electron chi connectivity index (χ2n) is 5.36. The lowest BCUT2D eigenvalue weighted by Crippen LogP contribution is -2.29. The molecule has 0 saturated carbocycles. The van der Waals surface area contributed by atoms with E-state index in [9.17, 15) is 9.59 Å². The molecule has 5 nitrogen and oxygen atoms in total. The molecule has 2 aromatic rings. The van der Waals surface area contributed by atoms with Crippen molar-refractivity contribution in [3.05, 3.63) is 59.1 Å². The summed E-state index contributed by atoms with van der Waals surface area (Å²) in [5.74, 6) is -0.241. The predicted molar refractivity (Wildman–Crippen MR) is 97.4 cm³/mol. The molecule has 2 rings (SSSR count). The molecule has 0 radical (unpaired) electrons. The van der Waals surface area contributed by atoms with Crippen molar-refractivity contribution in [1.82, 2.24) is 5.32 Å². The van der Waals surface area contributed by atoms with Crippen LogP contribution in [0.1, 0.15) is 12.5 Å². The summed E-state index contributed by atoms with van der Waals surface area (Å²) in [6, 6.07) is 14.6. The topological polar surface area (TPSA) is 70.2 Å². The summed E-state index contributed by atoms with van der Waals surface area (Å²) in [5.41, 5.74) is 2.55. The Balaban J connectivity index is 1.69. The zero-order chi connectivity index (χ0) is 17.4. The molecule has 0 bridgehead atoms. The summed E-state index contributed by atoms with van der Waals surface area (Å²) in [5, 5.41) is 9.29. The van der Waals surface area contributed by atoms with E-state index in [1.54, 1.807) is 24.3 Å². The molecule has 0 heterocycles. The van der Waals surface area contributed by atoms with Crippen molar-refractivity contribution in [3.8, 4) is 0 Å². The third-order valence-corrected chi connectivity index (χ3v) is 3.53. The molecular formula is C18H20ClN3O2. The van der Waals surface area contributed by atoms with Crippen molar-refractivity contribution in [3.63, 3.8) is 0 Å². The third kappa shape index (κ3) is 6.40. The van der Waals surface area contributed by atoms with Crippen LogP contribution >= 0.6 is 11.6 Å². The maximum Gasteiger partial charge on any atom is 0.238 e. The van der Waals surface area contributed by atoms with E-state index in [0.29, 0.717) is 17.9 Å². The maximum absolute atomic E-state index is 11.9. The molecule has 0 saturated heterocycles. The van der Waals surface area contributed by atoms with Crippen molar-refractivity contribution in [2.75, 3.05) is 23.7 Å². The van der Waals surface area contributed by atoms with Crippen LogP contribution in [0.2, 0.25) is 5.02 Å². The summed E-state index contributed by atoms with van der Waals surface area (Å²) in [4.78, 5) is 22.8. The predicted octanol–water partition coefficient (Wildman–Crippen LogP) is 3.07. The first-order valence-electron chi connectivity index (χ1n) is 7.65. The quantitative estimate of drug-likeness (QED) is 0.675. The molecule has 126 valence electrons. The van der Waals surface area contributed by atoms with Crippen molar-refractivity contribution >= 4 is 34.8 Å². The van der Waals surface area contributed by atoms with Gasteiger partial charge < -0.3 is 16.0 Å². The molecule has 2 aromatic carbocycles. The highest BCUT2D eigenvalue weighted by Crippen LogP contribution is 2.13. The van der Waals surface area contributed by atoms with E-state index < -0.39 is 0 Å². The molecule has 0 aliphatic carbocycles. The number of benzene rings is 2. The summed E-state index contributed by atoms with van der Waals surface area (Å²) in [7, 11) is 0.